The molecule has 108 valence electrons. The number of rotatable bonds is 4. The Morgan fingerprint density at radius 1 is 1.14 bits per heavy atom. The third-order valence-electron chi connectivity index (χ3n) is 2.72. The van der Waals surface area contributed by atoms with E-state index in [1.54, 1.807) is 31.2 Å². The van der Waals surface area contributed by atoms with Gasteiger partial charge in [-0.15, -0.1) is 10.2 Å². The Morgan fingerprint density at radius 2 is 1.90 bits per heavy atom. The van der Waals surface area contributed by atoms with E-state index in [2.05, 4.69) is 19.8 Å². The highest BCUT2D eigenvalue weighted by Crippen LogP contribution is 2.26. The first-order valence-electron chi connectivity index (χ1n) is 5.96. The molecule has 9 heteroatoms. The van der Waals surface area contributed by atoms with Crippen LogP contribution in [0.4, 0.5) is 0 Å². The fraction of sp³-hybridized carbons (Fsp3) is 0.167. The SMILES string of the molecule is Cc1nnsc1-c1nnc(S(=O)(=O)Cc2ccccc2)o1. The summed E-state index contributed by atoms with van der Waals surface area (Å²) in [5.74, 6) is -0.0656. The minimum atomic E-state index is -3.67. The smallest absolute Gasteiger partial charge is 0.336 e. The van der Waals surface area contributed by atoms with Gasteiger partial charge in [0.2, 0.25) is 9.84 Å². The van der Waals surface area contributed by atoms with Crippen LogP contribution in [-0.4, -0.2) is 28.2 Å². The van der Waals surface area contributed by atoms with Gasteiger partial charge in [0, 0.05) is 0 Å². The van der Waals surface area contributed by atoms with E-state index in [1.165, 1.54) is 0 Å². The Labute approximate surface area is 124 Å². The summed E-state index contributed by atoms with van der Waals surface area (Å²) in [7, 11) is -3.67. The zero-order chi connectivity index (χ0) is 14.9. The zero-order valence-electron chi connectivity index (χ0n) is 10.9. The Kier molecular flexibility index (Phi) is 3.52. The molecule has 0 spiro atoms. The monoisotopic (exact) mass is 322 g/mol. The highest BCUT2D eigenvalue weighted by atomic mass is 32.2. The molecule has 0 N–H and O–H groups in total. The van der Waals surface area contributed by atoms with Crippen LogP contribution >= 0.6 is 11.5 Å². The summed E-state index contributed by atoms with van der Waals surface area (Å²) >= 11 is 1.08. The predicted molar refractivity (Wildman–Crippen MR) is 75.3 cm³/mol. The molecule has 0 aliphatic heterocycles. The van der Waals surface area contributed by atoms with Crippen molar-refractivity contribution in [2.24, 2.45) is 0 Å². The summed E-state index contributed by atoms with van der Waals surface area (Å²) in [4.78, 5) is 0.573. The molecule has 0 radical (unpaired) electrons. The van der Waals surface area contributed by atoms with E-state index < -0.39 is 15.1 Å². The first-order chi connectivity index (χ1) is 10.1. The number of aromatic nitrogens is 4. The first kappa shape index (κ1) is 13.8. The van der Waals surface area contributed by atoms with Crippen LogP contribution in [0.15, 0.2) is 40.0 Å². The highest BCUT2D eigenvalue weighted by Gasteiger charge is 2.24. The quantitative estimate of drug-likeness (QED) is 0.723. The van der Waals surface area contributed by atoms with Crippen LogP contribution in [-0.2, 0) is 15.6 Å². The molecule has 2 heterocycles. The average molecular weight is 322 g/mol. The lowest BCUT2D eigenvalue weighted by Crippen LogP contribution is -2.05. The lowest BCUT2D eigenvalue weighted by atomic mass is 10.2. The molecule has 21 heavy (non-hydrogen) atoms. The minimum Gasteiger partial charge on any atom is -0.407 e. The maximum Gasteiger partial charge on any atom is 0.336 e. The molecular formula is C12H10N4O3S2. The van der Waals surface area contributed by atoms with E-state index >= 15 is 0 Å². The van der Waals surface area contributed by atoms with Gasteiger partial charge in [0.15, 0.2) is 0 Å². The standard InChI is InChI=1S/C12H10N4O3S2/c1-8-10(20-16-13-8)11-14-15-12(19-11)21(17,18)7-9-5-3-2-4-6-9/h2-6H,7H2,1H3. The molecule has 3 aromatic rings. The van der Waals surface area contributed by atoms with Crippen molar-refractivity contribution in [2.45, 2.75) is 17.9 Å². The minimum absolute atomic E-state index is 0.120. The van der Waals surface area contributed by atoms with E-state index in [0.29, 0.717) is 16.1 Å². The number of aryl methyl sites for hydroxylation is 1. The van der Waals surface area contributed by atoms with Crippen LogP contribution in [0.2, 0.25) is 0 Å². The topological polar surface area (TPSA) is 98.8 Å². The largest absolute Gasteiger partial charge is 0.407 e. The molecule has 0 saturated heterocycles. The van der Waals surface area contributed by atoms with E-state index in [1.807, 2.05) is 6.07 Å². The number of hydrogen-bond acceptors (Lipinski definition) is 8. The van der Waals surface area contributed by atoms with Crippen molar-refractivity contribution in [2.75, 3.05) is 0 Å². The van der Waals surface area contributed by atoms with Gasteiger partial charge in [-0.2, -0.15) is 0 Å². The maximum absolute atomic E-state index is 12.2. The molecule has 7 nitrogen and oxygen atoms in total. The molecule has 0 bridgehead atoms. The van der Waals surface area contributed by atoms with Gasteiger partial charge < -0.3 is 4.42 Å². The molecule has 1 aromatic carbocycles. The van der Waals surface area contributed by atoms with Gasteiger partial charge in [-0.1, -0.05) is 39.9 Å². The van der Waals surface area contributed by atoms with Crippen LogP contribution in [0.25, 0.3) is 10.8 Å². The van der Waals surface area contributed by atoms with E-state index in [0.717, 1.165) is 11.5 Å². The van der Waals surface area contributed by atoms with E-state index in [-0.39, 0.29) is 11.6 Å². The molecule has 0 unspecified atom stereocenters. The average Bonchev–Trinajstić information content (AvgIpc) is 3.08. The molecule has 2 aromatic heterocycles. The second-order valence-electron chi connectivity index (χ2n) is 4.31. The fourth-order valence-electron chi connectivity index (χ4n) is 1.71. The van der Waals surface area contributed by atoms with Crippen molar-refractivity contribution in [3.63, 3.8) is 0 Å². The Morgan fingerprint density at radius 3 is 2.57 bits per heavy atom. The number of hydrogen-bond donors (Lipinski definition) is 0. The lowest BCUT2D eigenvalue weighted by Gasteiger charge is -1.99. The molecule has 3 rings (SSSR count). The van der Waals surface area contributed by atoms with Gasteiger partial charge in [0.1, 0.15) is 4.88 Å². The van der Waals surface area contributed by atoms with Gasteiger partial charge in [-0.3, -0.25) is 0 Å². The molecule has 0 saturated carbocycles. The second-order valence-corrected chi connectivity index (χ2v) is 6.93. The van der Waals surface area contributed by atoms with Crippen LogP contribution in [0.3, 0.4) is 0 Å². The molecule has 0 atom stereocenters. The van der Waals surface area contributed by atoms with E-state index in [4.69, 9.17) is 4.42 Å². The van der Waals surface area contributed by atoms with Crippen LogP contribution in [0.1, 0.15) is 11.3 Å². The third-order valence-corrected chi connectivity index (χ3v) is 4.94. The van der Waals surface area contributed by atoms with Crippen LogP contribution < -0.4 is 0 Å². The van der Waals surface area contributed by atoms with Gasteiger partial charge in [-0.05, 0) is 24.0 Å². The summed E-state index contributed by atoms with van der Waals surface area (Å²) in [5.41, 5.74) is 1.28. The van der Waals surface area contributed by atoms with Gasteiger partial charge in [0.05, 0.1) is 11.4 Å². The number of nitrogens with zero attached hydrogens (tertiary/aromatic N) is 4. The van der Waals surface area contributed by atoms with Gasteiger partial charge in [-0.25, -0.2) is 8.42 Å². The predicted octanol–water partition coefficient (Wildman–Crippen LogP) is 1.87. The summed E-state index contributed by atoms with van der Waals surface area (Å²) in [5, 5.41) is 10.8. The molecular weight excluding hydrogens is 312 g/mol. The molecule has 0 fully saturated rings. The van der Waals surface area contributed by atoms with Crippen molar-refractivity contribution >= 4 is 21.4 Å². The molecule has 0 amide bonds. The van der Waals surface area contributed by atoms with Crippen molar-refractivity contribution in [1.82, 2.24) is 19.8 Å². The van der Waals surface area contributed by atoms with E-state index in [9.17, 15) is 8.42 Å². The normalized spacial score (nSPS) is 11.7. The van der Waals surface area contributed by atoms with Crippen molar-refractivity contribution in [3.05, 3.63) is 41.6 Å². The summed E-state index contributed by atoms with van der Waals surface area (Å²) in [6.45, 7) is 1.74. The fourth-order valence-corrected chi connectivity index (χ4v) is 3.41. The lowest BCUT2D eigenvalue weighted by molar-refractivity contribution is 0.440. The summed E-state index contributed by atoms with van der Waals surface area (Å²) in [6.07, 6.45) is 0. The number of sulfone groups is 1. The Hall–Kier alpha value is -2.13. The van der Waals surface area contributed by atoms with Crippen molar-refractivity contribution in [3.8, 4) is 10.8 Å². The highest BCUT2D eigenvalue weighted by molar-refractivity contribution is 7.90. The Bertz CT molecular complexity index is 856. The first-order valence-corrected chi connectivity index (χ1v) is 8.38. The number of benzene rings is 1. The Balaban J connectivity index is 1.91. The maximum atomic E-state index is 12.2. The summed E-state index contributed by atoms with van der Waals surface area (Å²) < 4.78 is 33.5. The van der Waals surface area contributed by atoms with Crippen LogP contribution in [0.5, 0.6) is 0 Å². The van der Waals surface area contributed by atoms with Crippen LogP contribution in [0, 0.1) is 6.92 Å². The van der Waals surface area contributed by atoms with Gasteiger partial charge in [0.25, 0.3) is 5.89 Å². The van der Waals surface area contributed by atoms with Gasteiger partial charge >= 0.3 is 5.22 Å². The summed E-state index contributed by atoms with van der Waals surface area (Å²) in [6, 6.07) is 8.82. The third kappa shape index (κ3) is 2.83. The second kappa shape index (κ2) is 5.34. The molecule has 0 aliphatic carbocycles. The van der Waals surface area contributed by atoms with Crippen molar-refractivity contribution < 1.29 is 12.8 Å². The zero-order valence-corrected chi connectivity index (χ0v) is 12.6. The van der Waals surface area contributed by atoms with Crippen molar-refractivity contribution in [1.29, 1.82) is 0 Å². The molecule has 0 aliphatic rings.